The zero-order valence-electron chi connectivity index (χ0n) is 32.4. The van der Waals surface area contributed by atoms with Crippen LogP contribution >= 0.6 is 0 Å². The van der Waals surface area contributed by atoms with Crippen molar-refractivity contribution in [3.63, 3.8) is 0 Å². The molecule has 6 nitrogen and oxygen atoms in total. The Morgan fingerprint density at radius 2 is 1.52 bits per heavy atom. The molecule has 3 unspecified atom stereocenters. The second kappa shape index (κ2) is 16.1. The minimum Gasteiger partial charge on any atom is -0.462 e. The first-order valence-electron chi connectivity index (χ1n) is 19.0. The van der Waals surface area contributed by atoms with Crippen LogP contribution in [0.2, 0.25) is 0 Å². The first-order valence-corrected chi connectivity index (χ1v) is 19.0. The van der Waals surface area contributed by atoms with Crippen molar-refractivity contribution in [2.45, 2.75) is 189 Å². The molecule has 0 amide bonds. The van der Waals surface area contributed by atoms with Crippen LogP contribution < -0.4 is 0 Å². The second-order valence-electron chi connectivity index (χ2n) is 18.0. The fourth-order valence-corrected chi connectivity index (χ4v) is 9.30. The standard InChI is InChI=1S/C42H70O6/c1-29(18-14-19-31(3)22-23-37-38(6,7)26-35(47-33(5)43)27-40(37,10)46)16-12-13-17-30(2)20-15-21-32(4)36(45)28-42-39(8,9)24-34(44)25-41(42,11)48-42/h15,20-21,23,29-31,34-35,44,46H,12-14,16-19,22,24-28H2,1-11H3/b20-15+,32-21+,37-23?/t29?,30?,31?,34-,35-,40+,41+,42-/m0/s1. The van der Waals surface area contributed by atoms with E-state index < -0.39 is 16.8 Å². The van der Waals surface area contributed by atoms with Crippen molar-refractivity contribution in [3.05, 3.63) is 35.5 Å². The molecule has 3 rings (SSSR count). The Labute approximate surface area is 293 Å². The maximum atomic E-state index is 13.1. The van der Waals surface area contributed by atoms with Gasteiger partial charge in [0.15, 0.2) is 5.78 Å². The normalized spacial score (nSPS) is 34.0. The highest BCUT2D eigenvalue weighted by Crippen LogP contribution is 2.67. The zero-order valence-corrected chi connectivity index (χ0v) is 32.4. The molecule has 2 N–H and O–H groups in total. The molecular weight excluding hydrogens is 600 g/mol. The van der Waals surface area contributed by atoms with E-state index >= 15 is 0 Å². The Balaban J connectivity index is 1.31. The summed E-state index contributed by atoms with van der Waals surface area (Å²) in [4.78, 5) is 24.6. The van der Waals surface area contributed by atoms with Crippen molar-refractivity contribution in [1.82, 2.24) is 0 Å². The average Bonchev–Trinajstić information content (AvgIpc) is 3.53. The molecule has 3 aliphatic rings. The maximum absolute atomic E-state index is 13.1. The summed E-state index contributed by atoms with van der Waals surface area (Å²) in [6, 6.07) is 0. The monoisotopic (exact) mass is 671 g/mol. The summed E-state index contributed by atoms with van der Waals surface area (Å²) in [6.45, 7) is 22.7. The summed E-state index contributed by atoms with van der Waals surface area (Å²) in [5.74, 6) is 1.63. The summed E-state index contributed by atoms with van der Waals surface area (Å²) in [6.07, 6.45) is 20.3. The van der Waals surface area contributed by atoms with Crippen LogP contribution in [0.3, 0.4) is 0 Å². The van der Waals surface area contributed by atoms with E-state index in [4.69, 9.17) is 9.47 Å². The number of rotatable bonds is 17. The summed E-state index contributed by atoms with van der Waals surface area (Å²) in [5, 5.41) is 21.5. The number of epoxide rings is 1. The van der Waals surface area contributed by atoms with Crippen LogP contribution in [0.5, 0.6) is 0 Å². The van der Waals surface area contributed by atoms with Crippen molar-refractivity contribution in [2.75, 3.05) is 0 Å². The minimum atomic E-state index is -0.953. The largest absolute Gasteiger partial charge is 0.462 e. The van der Waals surface area contributed by atoms with E-state index in [0.717, 1.165) is 36.3 Å². The van der Waals surface area contributed by atoms with Crippen LogP contribution in [0, 0.1) is 28.6 Å². The number of carbonyl (C=O) groups excluding carboxylic acids is 2. The molecule has 0 bridgehead atoms. The van der Waals surface area contributed by atoms with Gasteiger partial charge >= 0.3 is 5.97 Å². The second-order valence-corrected chi connectivity index (χ2v) is 18.0. The van der Waals surface area contributed by atoms with Gasteiger partial charge in [-0.3, -0.25) is 9.59 Å². The molecule has 3 fully saturated rings. The van der Waals surface area contributed by atoms with Gasteiger partial charge in [-0.2, -0.15) is 0 Å². The summed E-state index contributed by atoms with van der Waals surface area (Å²) in [7, 11) is 0. The fraction of sp³-hybridized carbons (Fsp3) is 0.810. The third-order valence-electron chi connectivity index (χ3n) is 12.0. The van der Waals surface area contributed by atoms with E-state index in [2.05, 4.69) is 60.6 Å². The number of Topliss-reactive ketones (excluding diaryl/α,β-unsaturated/α-hetero) is 1. The van der Waals surface area contributed by atoms with E-state index in [0.29, 0.717) is 37.5 Å². The zero-order chi connectivity index (χ0) is 36.1. The first-order chi connectivity index (χ1) is 22.1. The third-order valence-corrected chi connectivity index (χ3v) is 12.0. The summed E-state index contributed by atoms with van der Waals surface area (Å²) < 4.78 is 11.7. The van der Waals surface area contributed by atoms with Gasteiger partial charge in [-0.15, -0.1) is 0 Å². The van der Waals surface area contributed by atoms with Crippen LogP contribution in [0.15, 0.2) is 35.5 Å². The number of hydrogen-bond donors (Lipinski definition) is 2. The van der Waals surface area contributed by atoms with Crippen LogP contribution in [0.25, 0.3) is 0 Å². The van der Waals surface area contributed by atoms with Gasteiger partial charge in [-0.05, 0) is 86.2 Å². The molecule has 2 aliphatic carbocycles. The highest BCUT2D eigenvalue weighted by molar-refractivity contribution is 5.96. The number of fused-ring (bicyclic) bond motifs is 1. The van der Waals surface area contributed by atoms with Crippen molar-refractivity contribution in [3.8, 4) is 0 Å². The van der Waals surface area contributed by atoms with Crippen molar-refractivity contribution in [2.24, 2.45) is 28.6 Å². The van der Waals surface area contributed by atoms with Crippen molar-refractivity contribution < 1.29 is 29.3 Å². The lowest BCUT2D eigenvalue weighted by atomic mass is 9.61. The van der Waals surface area contributed by atoms with E-state index in [9.17, 15) is 19.8 Å². The van der Waals surface area contributed by atoms with Crippen LogP contribution in [0.4, 0.5) is 0 Å². The topological polar surface area (TPSA) is 96.4 Å². The molecule has 1 aliphatic heterocycles. The number of ether oxygens (including phenoxy) is 2. The number of esters is 1. The van der Waals surface area contributed by atoms with Crippen LogP contribution in [-0.2, 0) is 19.1 Å². The van der Waals surface area contributed by atoms with Crippen molar-refractivity contribution >= 4 is 11.8 Å². The molecule has 6 heteroatoms. The molecule has 8 atom stereocenters. The average molecular weight is 671 g/mol. The van der Waals surface area contributed by atoms with Gasteiger partial charge in [0.2, 0.25) is 0 Å². The Morgan fingerprint density at radius 1 is 0.896 bits per heavy atom. The van der Waals surface area contributed by atoms with E-state index in [1.54, 1.807) is 0 Å². The quantitative estimate of drug-likeness (QED) is 0.0400. The lowest BCUT2D eigenvalue weighted by molar-refractivity contribution is -0.152. The maximum Gasteiger partial charge on any atom is 0.302 e. The lowest BCUT2D eigenvalue weighted by Gasteiger charge is -2.46. The SMILES string of the molecule is CC(=O)O[C@H]1CC(C)(C)C(=CCC(C)CCCC(C)CCCCC(C)/C=C/C=C(\C)C(=O)C[C@@]23O[C@]2(C)C[C@@H](O)CC3(C)C)[C@](C)(O)C1. The highest BCUT2D eigenvalue weighted by Gasteiger charge is 2.76. The molecule has 2 saturated carbocycles. The number of ketones is 1. The predicted octanol–water partition coefficient (Wildman–Crippen LogP) is 9.61. The minimum absolute atomic E-state index is 0.137. The van der Waals surface area contributed by atoms with E-state index in [-0.39, 0.29) is 34.8 Å². The van der Waals surface area contributed by atoms with E-state index in [1.165, 1.54) is 45.4 Å². The number of carbonyl (C=O) groups is 2. The van der Waals surface area contributed by atoms with Gasteiger partial charge < -0.3 is 19.7 Å². The van der Waals surface area contributed by atoms with Gasteiger partial charge in [0.05, 0.1) is 17.3 Å². The van der Waals surface area contributed by atoms with E-state index in [1.807, 2.05) is 32.9 Å². The molecule has 0 aromatic heterocycles. The number of aliphatic hydroxyl groups excluding tert-OH is 1. The Bertz CT molecular complexity index is 1190. The Hall–Kier alpha value is -1.76. The molecule has 48 heavy (non-hydrogen) atoms. The number of hydrogen-bond acceptors (Lipinski definition) is 6. The summed E-state index contributed by atoms with van der Waals surface area (Å²) >= 11 is 0. The van der Waals surface area contributed by atoms with Gasteiger partial charge in [0.1, 0.15) is 11.7 Å². The number of unbranched alkanes of at least 4 members (excludes halogenated alkanes) is 1. The lowest BCUT2D eigenvalue weighted by Crippen LogP contribution is -2.48. The molecular formula is C42H70O6. The molecule has 0 spiro atoms. The molecule has 274 valence electrons. The molecule has 1 saturated heterocycles. The third kappa shape index (κ3) is 10.4. The number of aliphatic hydroxyl groups is 2. The van der Waals surface area contributed by atoms with Crippen molar-refractivity contribution in [1.29, 1.82) is 0 Å². The fourth-order valence-electron chi connectivity index (χ4n) is 9.30. The van der Waals surface area contributed by atoms with Gasteiger partial charge in [0.25, 0.3) is 0 Å². The van der Waals surface area contributed by atoms with Gasteiger partial charge in [-0.1, -0.05) is 111 Å². The van der Waals surface area contributed by atoms with Gasteiger partial charge in [-0.25, -0.2) is 0 Å². The Morgan fingerprint density at radius 3 is 2.15 bits per heavy atom. The van der Waals surface area contributed by atoms with Crippen LogP contribution in [0.1, 0.15) is 160 Å². The molecule has 0 aromatic carbocycles. The number of allylic oxidation sites excluding steroid dienone is 5. The van der Waals surface area contributed by atoms with Gasteiger partial charge in [0, 0.05) is 26.2 Å². The molecule has 0 aromatic rings. The first kappa shape index (κ1) is 40.7. The summed E-state index contributed by atoms with van der Waals surface area (Å²) in [5.41, 5.74) is -0.402. The highest BCUT2D eigenvalue weighted by atomic mass is 16.6. The van der Waals surface area contributed by atoms with Crippen LogP contribution in [-0.4, -0.2) is 51.0 Å². The smallest absolute Gasteiger partial charge is 0.302 e. The Kier molecular flexibility index (Phi) is 13.6. The predicted molar refractivity (Wildman–Crippen MR) is 195 cm³/mol. The molecule has 1 heterocycles. The molecule has 0 radical (unpaired) electrons.